The van der Waals surface area contributed by atoms with Gasteiger partial charge in [-0.3, -0.25) is 9.36 Å². The number of alkyl halides is 3. The molecule has 0 saturated carbocycles. The molecule has 0 unspecified atom stereocenters. The molecule has 2 aromatic rings. The topological polar surface area (TPSA) is 22.0 Å². The van der Waals surface area contributed by atoms with Crippen molar-refractivity contribution >= 4 is 0 Å². The second-order valence-corrected chi connectivity index (χ2v) is 3.93. The molecule has 1 aromatic heterocycles. The van der Waals surface area contributed by atoms with Gasteiger partial charge in [0.25, 0.3) is 5.56 Å². The van der Waals surface area contributed by atoms with E-state index in [9.17, 15) is 18.0 Å². The Morgan fingerprint density at radius 2 is 1.83 bits per heavy atom. The molecular formula is C13H10F3NO. The van der Waals surface area contributed by atoms with Gasteiger partial charge in [-0.1, -0.05) is 12.1 Å². The minimum atomic E-state index is -4.49. The van der Waals surface area contributed by atoms with Gasteiger partial charge < -0.3 is 0 Å². The normalized spacial score (nSPS) is 11.6. The number of rotatable bonds is 1. The Labute approximate surface area is 101 Å². The lowest BCUT2D eigenvalue weighted by molar-refractivity contribution is -0.137. The smallest absolute Gasteiger partial charge is 0.284 e. The predicted molar refractivity (Wildman–Crippen MR) is 61.8 cm³/mol. The maximum atomic E-state index is 12.9. The van der Waals surface area contributed by atoms with Gasteiger partial charge in [-0.2, -0.15) is 13.2 Å². The van der Waals surface area contributed by atoms with Crippen LogP contribution in [0.2, 0.25) is 0 Å². The number of hydrogen-bond donors (Lipinski definition) is 0. The summed E-state index contributed by atoms with van der Waals surface area (Å²) in [5.41, 5.74) is -0.795. The van der Waals surface area contributed by atoms with E-state index in [0.29, 0.717) is 5.56 Å². The van der Waals surface area contributed by atoms with E-state index in [1.165, 1.54) is 36.5 Å². The van der Waals surface area contributed by atoms with Crippen LogP contribution >= 0.6 is 0 Å². The zero-order valence-corrected chi connectivity index (χ0v) is 9.53. The van der Waals surface area contributed by atoms with Crippen LogP contribution in [-0.4, -0.2) is 4.57 Å². The summed E-state index contributed by atoms with van der Waals surface area (Å²) in [6.07, 6.45) is -3.16. The highest BCUT2D eigenvalue weighted by atomic mass is 19.4. The molecule has 0 bridgehead atoms. The Kier molecular flexibility index (Phi) is 2.98. The summed E-state index contributed by atoms with van der Waals surface area (Å²) in [7, 11) is 0. The lowest BCUT2D eigenvalue weighted by atomic mass is 10.1. The standard InChI is InChI=1S/C13H10F3NO/c1-9-5-6-10(13(14,15)16)11(8-9)17-7-3-2-4-12(17)18/h2-8H,1H3. The monoisotopic (exact) mass is 253 g/mol. The first-order valence-corrected chi connectivity index (χ1v) is 5.25. The third kappa shape index (κ3) is 2.30. The van der Waals surface area contributed by atoms with Gasteiger partial charge in [-0.05, 0) is 30.7 Å². The highest BCUT2D eigenvalue weighted by molar-refractivity contribution is 5.45. The van der Waals surface area contributed by atoms with Crippen LogP contribution in [-0.2, 0) is 6.18 Å². The first-order valence-electron chi connectivity index (χ1n) is 5.25. The van der Waals surface area contributed by atoms with Gasteiger partial charge in [0.1, 0.15) is 0 Å². The molecule has 94 valence electrons. The molecule has 0 aliphatic carbocycles. The van der Waals surface area contributed by atoms with Crippen LogP contribution in [0.15, 0.2) is 47.4 Å². The maximum absolute atomic E-state index is 12.9. The van der Waals surface area contributed by atoms with Crippen molar-refractivity contribution < 1.29 is 13.2 Å². The second-order valence-electron chi connectivity index (χ2n) is 3.93. The van der Waals surface area contributed by atoms with Gasteiger partial charge in [0.15, 0.2) is 0 Å². The lowest BCUT2D eigenvalue weighted by Crippen LogP contribution is -2.20. The van der Waals surface area contributed by atoms with Gasteiger partial charge in [0.2, 0.25) is 0 Å². The lowest BCUT2D eigenvalue weighted by Gasteiger charge is -2.14. The maximum Gasteiger partial charge on any atom is 0.418 e. The molecule has 1 aromatic carbocycles. The average Bonchev–Trinajstić information content (AvgIpc) is 2.27. The second kappa shape index (κ2) is 4.33. The number of hydrogen-bond acceptors (Lipinski definition) is 1. The Balaban J connectivity index is 2.74. The van der Waals surface area contributed by atoms with Gasteiger partial charge in [0.05, 0.1) is 11.3 Å². The van der Waals surface area contributed by atoms with Crippen LogP contribution in [0.25, 0.3) is 5.69 Å². The molecule has 0 N–H and O–H groups in total. The molecule has 18 heavy (non-hydrogen) atoms. The van der Waals surface area contributed by atoms with Crippen LogP contribution < -0.4 is 5.56 Å². The quantitative estimate of drug-likeness (QED) is 0.765. The summed E-state index contributed by atoms with van der Waals surface area (Å²) in [5, 5.41) is 0. The van der Waals surface area contributed by atoms with Crippen molar-refractivity contribution in [3.8, 4) is 5.69 Å². The molecule has 0 spiro atoms. The predicted octanol–water partition coefficient (Wildman–Crippen LogP) is 3.16. The largest absolute Gasteiger partial charge is 0.418 e. The summed E-state index contributed by atoms with van der Waals surface area (Å²) in [6, 6.07) is 7.95. The third-order valence-corrected chi connectivity index (χ3v) is 2.54. The van der Waals surface area contributed by atoms with E-state index in [4.69, 9.17) is 0 Å². The van der Waals surface area contributed by atoms with Crippen LogP contribution in [0, 0.1) is 6.92 Å². The Morgan fingerprint density at radius 1 is 1.11 bits per heavy atom. The van der Waals surface area contributed by atoms with Gasteiger partial charge >= 0.3 is 6.18 Å². The van der Waals surface area contributed by atoms with Crippen LogP contribution in [0.5, 0.6) is 0 Å². The van der Waals surface area contributed by atoms with Gasteiger partial charge in [-0.25, -0.2) is 0 Å². The molecule has 1 heterocycles. The van der Waals surface area contributed by atoms with E-state index in [1.54, 1.807) is 6.92 Å². The fourth-order valence-electron chi connectivity index (χ4n) is 1.71. The van der Waals surface area contributed by atoms with E-state index in [1.807, 2.05) is 0 Å². The highest BCUT2D eigenvalue weighted by Gasteiger charge is 2.34. The van der Waals surface area contributed by atoms with Crippen molar-refractivity contribution in [3.63, 3.8) is 0 Å². The molecule has 2 nitrogen and oxygen atoms in total. The summed E-state index contributed by atoms with van der Waals surface area (Å²) in [6.45, 7) is 1.68. The molecule has 0 aliphatic heterocycles. The van der Waals surface area contributed by atoms with Gasteiger partial charge in [0, 0.05) is 12.3 Å². The van der Waals surface area contributed by atoms with Crippen LogP contribution in [0.3, 0.4) is 0 Å². The van der Waals surface area contributed by atoms with E-state index in [-0.39, 0.29) is 5.69 Å². The number of nitrogens with zero attached hydrogens (tertiary/aromatic N) is 1. The van der Waals surface area contributed by atoms with Crippen molar-refractivity contribution in [2.24, 2.45) is 0 Å². The summed E-state index contributed by atoms with van der Waals surface area (Å²) in [5.74, 6) is 0. The van der Waals surface area contributed by atoms with Crippen molar-refractivity contribution in [1.82, 2.24) is 4.57 Å². The molecule has 0 atom stereocenters. The molecule has 5 heteroatoms. The number of aromatic nitrogens is 1. The van der Waals surface area contributed by atoms with Crippen LogP contribution in [0.4, 0.5) is 13.2 Å². The molecule has 0 aliphatic rings. The fourth-order valence-corrected chi connectivity index (χ4v) is 1.71. The summed E-state index contributed by atoms with van der Waals surface area (Å²) in [4.78, 5) is 11.6. The van der Waals surface area contributed by atoms with E-state index in [0.717, 1.165) is 10.6 Å². The minimum absolute atomic E-state index is 0.145. The number of aryl methyl sites for hydroxylation is 1. The molecular weight excluding hydrogens is 243 g/mol. The number of pyridine rings is 1. The molecule has 2 rings (SSSR count). The first-order chi connectivity index (χ1) is 8.39. The summed E-state index contributed by atoms with van der Waals surface area (Å²) >= 11 is 0. The van der Waals surface area contributed by atoms with Crippen molar-refractivity contribution in [2.45, 2.75) is 13.1 Å². The average molecular weight is 253 g/mol. The molecule has 0 saturated heterocycles. The number of benzene rings is 1. The SMILES string of the molecule is Cc1ccc(C(F)(F)F)c(-n2ccccc2=O)c1. The Bertz CT molecular complexity index is 629. The van der Waals surface area contributed by atoms with Crippen molar-refractivity contribution in [2.75, 3.05) is 0 Å². The van der Waals surface area contributed by atoms with E-state index in [2.05, 4.69) is 0 Å². The Hall–Kier alpha value is -2.04. The van der Waals surface area contributed by atoms with E-state index < -0.39 is 17.3 Å². The zero-order chi connectivity index (χ0) is 13.3. The minimum Gasteiger partial charge on any atom is -0.284 e. The number of halogens is 3. The zero-order valence-electron chi connectivity index (χ0n) is 9.53. The molecule has 0 radical (unpaired) electrons. The Morgan fingerprint density at radius 3 is 2.44 bits per heavy atom. The van der Waals surface area contributed by atoms with E-state index >= 15 is 0 Å². The summed E-state index contributed by atoms with van der Waals surface area (Å²) < 4.78 is 39.6. The fraction of sp³-hybridized carbons (Fsp3) is 0.154. The van der Waals surface area contributed by atoms with Gasteiger partial charge in [-0.15, -0.1) is 0 Å². The van der Waals surface area contributed by atoms with Crippen molar-refractivity contribution in [3.05, 3.63) is 64.1 Å². The highest BCUT2D eigenvalue weighted by Crippen LogP contribution is 2.33. The van der Waals surface area contributed by atoms with Crippen molar-refractivity contribution in [1.29, 1.82) is 0 Å². The van der Waals surface area contributed by atoms with Crippen LogP contribution in [0.1, 0.15) is 11.1 Å². The third-order valence-electron chi connectivity index (χ3n) is 2.54. The molecule has 0 fully saturated rings. The first kappa shape index (κ1) is 12.4. The molecule has 0 amide bonds.